The molecule has 0 saturated carbocycles. The van der Waals surface area contributed by atoms with Crippen molar-refractivity contribution in [3.8, 4) is 6.07 Å². The van der Waals surface area contributed by atoms with Gasteiger partial charge in [-0.1, -0.05) is 13.8 Å². The maximum atomic E-state index is 9.31. The SMILES string of the molecule is CC1CC(C)CN(C(C#N)c2ccc[nH]2)C1. The van der Waals surface area contributed by atoms with E-state index < -0.39 is 0 Å². The summed E-state index contributed by atoms with van der Waals surface area (Å²) in [5.74, 6) is 1.38. The fourth-order valence-electron chi connectivity index (χ4n) is 2.78. The van der Waals surface area contributed by atoms with Crippen LogP contribution in [0, 0.1) is 23.2 Å². The van der Waals surface area contributed by atoms with E-state index in [0.29, 0.717) is 11.8 Å². The fraction of sp³-hybridized carbons (Fsp3) is 0.615. The van der Waals surface area contributed by atoms with Crippen LogP contribution in [0.15, 0.2) is 18.3 Å². The minimum Gasteiger partial charge on any atom is -0.363 e. The van der Waals surface area contributed by atoms with E-state index in [4.69, 9.17) is 0 Å². The van der Waals surface area contributed by atoms with Gasteiger partial charge in [0, 0.05) is 25.0 Å². The molecule has 1 fully saturated rings. The van der Waals surface area contributed by atoms with Crippen molar-refractivity contribution in [3.63, 3.8) is 0 Å². The average Bonchev–Trinajstić information content (AvgIpc) is 2.70. The highest BCUT2D eigenvalue weighted by atomic mass is 15.2. The second-order valence-corrected chi connectivity index (χ2v) is 5.06. The number of aromatic nitrogens is 1. The third kappa shape index (κ3) is 2.28. The molecule has 16 heavy (non-hydrogen) atoms. The molecule has 1 N–H and O–H groups in total. The third-order valence-corrected chi connectivity index (χ3v) is 3.30. The Morgan fingerprint density at radius 3 is 2.62 bits per heavy atom. The lowest BCUT2D eigenvalue weighted by Gasteiger charge is -2.37. The maximum Gasteiger partial charge on any atom is 0.138 e. The molecular weight excluding hydrogens is 198 g/mol. The molecule has 0 spiro atoms. The highest BCUT2D eigenvalue weighted by molar-refractivity contribution is 5.16. The molecule has 86 valence electrons. The van der Waals surface area contributed by atoms with Gasteiger partial charge in [-0.2, -0.15) is 5.26 Å². The first-order valence-electron chi connectivity index (χ1n) is 5.97. The van der Waals surface area contributed by atoms with Crippen molar-refractivity contribution in [2.45, 2.75) is 26.3 Å². The lowest BCUT2D eigenvalue weighted by Crippen LogP contribution is -2.40. The van der Waals surface area contributed by atoms with Crippen molar-refractivity contribution in [1.29, 1.82) is 5.26 Å². The van der Waals surface area contributed by atoms with E-state index in [9.17, 15) is 5.26 Å². The van der Waals surface area contributed by atoms with Crippen LogP contribution in [-0.4, -0.2) is 23.0 Å². The Bertz CT molecular complexity index is 353. The quantitative estimate of drug-likeness (QED) is 0.827. The van der Waals surface area contributed by atoms with Crippen LogP contribution < -0.4 is 0 Å². The molecule has 1 aromatic heterocycles. The van der Waals surface area contributed by atoms with Crippen LogP contribution in [-0.2, 0) is 0 Å². The van der Waals surface area contributed by atoms with Gasteiger partial charge >= 0.3 is 0 Å². The van der Waals surface area contributed by atoms with Crippen LogP contribution in [0.4, 0.5) is 0 Å². The number of rotatable bonds is 2. The molecule has 0 aliphatic carbocycles. The summed E-state index contributed by atoms with van der Waals surface area (Å²) < 4.78 is 0. The predicted octanol–water partition coefficient (Wildman–Crippen LogP) is 2.56. The van der Waals surface area contributed by atoms with Gasteiger partial charge in [0.1, 0.15) is 6.04 Å². The van der Waals surface area contributed by atoms with Crippen molar-refractivity contribution in [1.82, 2.24) is 9.88 Å². The molecule has 0 bridgehead atoms. The molecule has 3 atom stereocenters. The molecule has 3 unspecified atom stereocenters. The average molecular weight is 217 g/mol. The van der Waals surface area contributed by atoms with Gasteiger partial charge in [0.15, 0.2) is 0 Å². The first kappa shape index (κ1) is 11.2. The Morgan fingerprint density at radius 2 is 2.12 bits per heavy atom. The van der Waals surface area contributed by atoms with E-state index >= 15 is 0 Å². The van der Waals surface area contributed by atoms with Crippen LogP contribution in [0.5, 0.6) is 0 Å². The first-order valence-corrected chi connectivity index (χ1v) is 5.97. The smallest absolute Gasteiger partial charge is 0.138 e. The molecule has 0 radical (unpaired) electrons. The van der Waals surface area contributed by atoms with E-state index in [0.717, 1.165) is 18.8 Å². The van der Waals surface area contributed by atoms with Gasteiger partial charge < -0.3 is 4.98 Å². The molecular formula is C13H19N3. The molecule has 0 amide bonds. The standard InChI is InChI=1S/C13H19N3/c1-10-6-11(2)9-16(8-10)13(7-14)12-4-3-5-15-12/h3-5,10-11,13,15H,6,8-9H2,1-2H3. The second kappa shape index (κ2) is 4.71. The number of nitrogens with zero attached hydrogens (tertiary/aromatic N) is 2. The predicted molar refractivity (Wildman–Crippen MR) is 63.7 cm³/mol. The van der Waals surface area contributed by atoms with E-state index in [1.54, 1.807) is 0 Å². The van der Waals surface area contributed by atoms with Crippen molar-refractivity contribution < 1.29 is 0 Å². The summed E-state index contributed by atoms with van der Waals surface area (Å²) >= 11 is 0. The van der Waals surface area contributed by atoms with Gasteiger partial charge in [0.05, 0.1) is 6.07 Å². The number of piperidine rings is 1. The third-order valence-electron chi connectivity index (χ3n) is 3.30. The van der Waals surface area contributed by atoms with Crippen LogP contribution in [0.1, 0.15) is 32.0 Å². The van der Waals surface area contributed by atoms with Crippen LogP contribution in [0.3, 0.4) is 0 Å². The Morgan fingerprint density at radius 1 is 1.44 bits per heavy atom. The Balaban J connectivity index is 2.13. The molecule has 1 aliphatic heterocycles. The topological polar surface area (TPSA) is 42.8 Å². The molecule has 1 aromatic rings. The number of hydrogen-bond acceptors (Lipinski definition) is 2. The van der Waals surface area contributed by atoms with Crippen molar-refractivity contribution in [3.05, 3.63) is 24.0 Å². The first-order chi connectivity index (χ1) is 7.70. The fourth-order valence-corrected chi connectivity index (χ4v) is 2.78. The Kier molecular flexibility index (Phi) is 3.31. The molecule has 1 aliphatic rings. The van der Waals surface area contributed by atoms with Crippen molar-refractivity contribution in [2.75, 3.05) is 13.1 Å². The summed E-state index contributed by atoms with van der Waals surface area (Å²) in [4.78, 5) is 5.45. The molecule has 3 heteroatoms. The summed E-state index contributed by atoms with van der Waals surface area (Å²) in [5.41, 5.74) is 1.02. The Labute approximate surface area is 97.1 Å². The summed E-state index contributed by atoms with van der Waals surface area (Å²) in [5, 5.41) is 9.31. The highest BCUT2D eigenvalue weighted by Crippen LogP contribution is 2.28. The minimum atomic E-state index is -0.111. The summed E-state index contributed by atoms with van der Waals surface area (Å²) in [6, 6.07) is 6.25. The van der Waals surface area contributed by atoms with Crippen LogP contribution in [0.2, 0.25) is 0 Å². The summed E-state index contributed by atoms with van der Waals surface area (Å²) in [6.07, 6.45) is 3.16. The summed E-state index contributed by atoms with van der Waals surface area (Å²) in [7, 11) is 0. The van der Waals surface area contributed by atoms with Gasteiger partial charge in [-0.3, -0.25) is 4.90 Å². The van der Waals surface area contributed by atoms with Gasteiger partial charge in [-0.15, -0.1) is 0 Å². The number of nitriles is 1. The number of likely N-dealkylation sites (tertiary alicyclic amines) is 1. The van der Waals surface area contributed by atoms with Crippen molar-refractivity contribution >= 4 is 0 Å². The molecule has 1 saturated heterocycles. The molecule has 2 heterocycles. The minimum absolute atomic E-state index is 0.111. The van der Waals surface area contributed by atoms with E-state index in [-0.39, 0.29) is 6.04 Å². The van der Waals surface area contributed by atoms with Gasteiger partial charge in [0.2, 0.25) is 0 Å². The number of H-pyrrole nitrogens is 1. The number of nitrogens with one attached hydrogen (secondary N) is 1. The van der Waals surface area contributed by atoms with E-state index in [1.165, 1.54) is 6.42 Å². The zero-order valence-corrected chi connectivity index (χ0v) is 9.98. The monoisotopic (exact) mass is 217 g/mol. The largest absolute Gasteiger partial charge is 0.363 e. The van der Waals surface area contributed by atoms with Gasteiger partial charge in [-0.25, -0.2) is 0 Å². The number of aromatic amines is 1. The molecule has 3 nitrogen and oxygen atoms in total. The highest BCUT2D eigenvalue weighted by Gasteiger charge is 2.28. The van der Waals surface area contributed by atoms with Crippen LogP contribution in [0.25, 0.3) is 0 Å². The normalized spacial score (nSPS) is 28.6. The molecule has 0 aromatic carbocycles. The van der Waals surface area contributed by atoms with E-state index in [2.05, 4.69) is 29.8 Å². The number of hydrogen-bond donors (Lipinski definition) is 1. The summed E-state index contributed by atoms with van der Waals surface area (Å²) in [6.45, 7) is 6.60. The second-order valence-electron chi connectivity index (χ2n) is 5.06. The van der Waals surface area contributed by atoms with Crippen LogP contribution >= 0.6 is 0 Å². The lowest BCUT2D eigenvalue weighted by atomic mass is 9.90. The zero-order valence-electron chi connectivity index (χ0n) is 9.98. The van der Waals surface area contributed by atoms with Gasteiger partial charge in [0.25, 0.3) is 0 Å². The maximum absolute atomic E-state index is 9.31. The van der Waals surface area contributed by atoms with Crippen molar-refractivity contribution in [2.24, 2.45) is 11.8 Å². The Hall–Kier alpha value is -1.27. The zero-order chi connectivity index (χ0) is 11.5. The molecule has 2 rings (SSSR count). The lowest BCUT2D eigenvalue weighted by molar-refractivity contribution is 0.116. The van der Waals surface area contributed by atoms with Gasteiger partial charge in [-0.05, 0) is 30.4 Å². The van der Waals surface area contributed by atoms with E-state index in [1.807, 2.05) is 18.3 Å².